The van der Waals surface area contributed by atoms with Crippen molar-refractivity contribution < 1.29 is 9.90 Å². The fourth-order valence-corrected chi connectivity index (χ4v) is 0.597. The zero-order valence-corrected chi connectivity index (χ0v) is 7.50. The highest BCUT2D eigenvalue weighted by atomic mass is 16.4. The molecule has 0 rings (SSSR count). The molecule has 0 atom stereocenters. The van der Waals surface area contributed by atoms with Crippen LogP contribution in [-0.4, -0.2) is 24.2 Å². The van der Waals surface area contributed by atoms with Crippen LogP contribution in [0.5, 0.6) is 0 Å². The number of carbonyl (C=O) groups is 1. The Bertz CT molecular complexity index is 195. The predicted molar refractivity (Wildman–Crippen MR) is 49.1 cm³/mol. The van der Waals surface area contributed by atoms with Gasteiger partial charge in [-0.1, -0.05) is 18.2 Å². The minimum absolute atomic E-state index is 0.378. The standard InChI is InChI=1S/C9H15NO2/c1-3-4-6-10-7-5-8(2)9(11)12/h3-5,10H,6-7H2,1-2H3,(H,11,12). The van der Waals surface area contributed by atoms with Crippen LogP contribution < -0.4 is 5.32 Å². The van der Waals surface area contributed by atoms with Crippen LogP contribution in [0.25, 0.3) is 0 Å². The molecule has 0 unspecified atom stereocenters. The van der Waals surface area contributed by atoms with Crippen molar-refractivity contribution in [3.8, 4) is 0 Å². The van der Waals surface area contributed by atoms with Gasteiger partial charge in [0.15, 0.2) is 0 Å². The maximum atomic E-state index is 10.3. The van der Waals surface area contributed by atoms with Gasteiger partial charge in [0.05, 0.1) is 0 Å². The highest BCUT2D eigenvalue weighted by molar-refractivity contribution is 5.85. The Hall–Kier alpha value is -1.09. The van der Waals surface area contributed by atoms with E-state index in [2.05, 4.69) is 5.32 Å². The van der Waals surface area contributed by atoms with Crippen molar-refractivity contribution in [1.29, 1.82) is 0 Å². The molecular formula is C9H15NO2. The molecular weight excluding hydrogens is 154 g/mol. The van der Waals surface area contributed by atoms with Crippen LogP contribution >= 0.6 is 0 Å². The highest BCUT2D eigenvalue weighted by Crippen LogP contribution is 1.89. The first kappa shape index (κ1) is 10.9. The van der Waals surface area contributed by atoms with Gasteiger partial charge in [0.25, 0.3) is 0 Å². The summed E-state index contributed by atoms with van der Waals surface area (Å²) in [7, 11) is 0. The molecule has 0 saturated carbocycles. The summed E-state index contributed by atoms with van der Waals surface area (Å²) in [6, 6.07) is 0. The van der Waals surface area contributed by atoms with E-state index in [-0.39, 0.29) is 0 Å². The normalized spacial score (nSPS) is 12.3. The van der Waals surface area contributed by atoms with Crippen LogP contribution in [0.1, 0.15) is 13.8 Å². The molecule has 0 bridgehead atoms. The lowest BCUT2D eigenvalue weighted by atomic mass is 10.3. The molecule has 0 saturated heterocycles. The Morgan fingerprint density at radius 1 is 1.50 bits per heavy atom. The van der Waals surface area contributed by atoms with Crippen LogP contribution in [0.15, 0.2) is 23.8 Å². The zero-order valence-electron chi connectivity index (χ0n) is 7.50. The summed E-state index contributed by atoms with van der Waals surface area (Å²) in [4.78, 5) is 10.3. The molecule has 0 radical (unpaired) electrons. The quantitative estimate of drug-likeness (QED) is 0.369. The van der Waals surface area contributed by atoms with Crippen molar-refractivity contribution in [3.05, 3.63) is 23.8 Å². The molecule has 0 aromatic carbocycles. The Balaban J connectivity index is 3.53. The number of hydrogen-bond donors (Lipinski definition) is 2. The van der Waals surface area contributed by atoms with E-state index in [0.29, 0.717) is 12.1 Å². The summed E-state index contributed by atoms with van der Waals surface area (Å²) in [5, 5.41) is 11.5. The van der Waals surface area contributed by atoms with Crippen molar-refractivity contribution in [2.45, 2.75) is 13.8 Å². The molecule has 2 N–H and O–H groups in total. The molecule has 0 aliphatic carbocycles. The Labute approximate surface area is 72.8 Å². The second-order valence-electron chi connectivity index (χ2n) is 2.42. The number of hydrogen-bond acceptors (Lipinski definition) is 2. The van der Waals surface area contributed by atoms with Gasteiger partial charge in [0.2, 0.25) is 0 Å². The van der Waals surface area contributed by atoms with Crippen molar-refractivity contribution in [3.63, 3.8) is 0 Å². The molecule has 0 spiro atoms. The van der Waals surface area contributed by atoms with Crippen LogP contribution in [0.2, 0.25) is 0 Å². The molecule has 68 valence electrons. The first-order chi connectivity index (χ1) is 5.68. The number of aliphatic carboxylic acids is 1. The van der Waals surface area contributed by atoms with E-state index in [1.807, 2.05) is 19.1 Å². The first-order valence-corrected chi connectivity index (χ1v) is 3.90. The largest absolute Gasteiger partial charge is 0.478 e. The minimum atomic E-state index is -0.858. The van der Waals surface area contributed by atoms with Gasteiger partial charge in [-0.2, -0.15) is 0 Å². The van der Waals surface area contributed by atoms with E-state index < -0.39 is 5.97 Å². The molecule has 0 aliphatic heterocycles. The summed E-state index contributed by atoms with van der Waals surface area (Å²) >= 11 is 0. The Kier molecular flexibility index (Phi) is 6.01. The lowest BCUT2D eigenvalue weighted by Crippen LogP contribution is -2.14. The summed E-state index contributed by atoms with van der Waals surface area (Å²) in [5.74, 6) is -0.858. The monoisotopic (exact) mass is 169 g/mol. The predicted octanol–water partition coefficient (Wildman–Crippen LogP) is 1.18. The lowest BCUT2D eigenvalue weighted by molar-refractivity contribution is -0.132. The number of carboxylic acid groups (broad SMARTS) is 1. The molecule has 0 aromatic rings. The van der Waals surface area contributed by atoms with Gasteiger partial charge in [0, 0.05) is 18.7 Å². The van der Waals surface area contributed by atoms with E-state index in [1.165, 1.54) is 0 Å². The smallest absolute Gasteiger partial charge is 0.330 e. The molecule has 3 heteroatoms. The van der Waals surface area contributed by atoms with Crippen molar-refractivity contribution in [2.75, 3.05) is 13.1 Å². The SMILES string of the molecule is CC=CCNCC=C(C)C(=O)O. The molecule has 3 nitrogen and oxygen atoms in total. The summed E-state index contributed by atoms with van der Waals surface area (Å²) in [5.41, 5.74) is 0.378. The third kappa shape index (κ3) is 5.68. The molecule has 0 aromatic heterocycles. The van der Waals surface area contributed by atoms with Gasteiger partial charge in [-0.3, -0.25) is 0 Å². The van der Waals surface area contributed by atoms with Gasteiger partial charge < -0.3 is 10.4 Å². The molecule has 0 aliphatic rings. The third-order valence-corrected chi connectivity index (χ3v) is 1.39. The second kappa shape index (κ2) is 6.61. The van der Waals surface area contributed by atoms with Crippen LogP contribution in [0.4, 0.5) is 0 Å². The van der Waals surface area contributed by atoms with Crippen LogP contribution in [0.3, 0.4) is 0 Å². The molecule has 0 fully saturated rings. The van der Waals surface area contributed by atoms with Gasteiger partial charge in [-0.05, 0) is 13.8 Å². The second-order valence-corrected chi connectivity index (χ2v) is 2.42. The summed E-state index contributed by atoms with van der Waals surface area (Å²) < 4.78 is 0. The van der Waals surface area contributed by atoms with Gasteiger partial charge >= 0.3 is 5.97 Å². The number of carboxylic acids is 1. The van der Waals surface area contributed by atoms with E-state index in [9.17, 15) is 4.79 Å². The summed E-state index contributed by atoms with van der Waals surface area (Å²) in [6.07, 6.45) is 5.58. The molecule has 12 heavy (non-hydrogen) atoms. The average molecular weight is 169 g/mol. The van der Waals surface area contributed by atoms with Crippen molar-refractivity contribution in [1.82, 2.24) is 5.32 Å². The molecule has 0 heterocycles. The van der Waals surface area contributed by atoms with Gasteiger partial charge in [0.1, 0.15) is 0 Å². The van der Waals surface area contributed by atoms with E-state index in [1.54, 1.807) is 13.0 Å². The van der Waals surface area contributed by atoms with Crippen molar-refractivity contribution in [2.24, 2.45) is 0 Å². The lowest BCUT2D eigenvalue weighted by Gasteiger charge is -1.96. The van der Waals surface area contributed by atoms with Crippen molar-refractivity contribution >= 4 is 5.97 Å². The van der Waals surface area contributed by atoms with Gasteiger partial charge in [-0.15, -0.1) is 0 Å². The maximum absolute atomic E-state index is 10.3. The fourth-order valence-electron chi connectivity index (χ4n) is 0.597. The number of allylic oxidation sites excluding steroid dienone is 1. The maximum Gasteiger partial charge on any atom is 0.330 e. The molecule has 0 amide bonds. The number of nitrogens with one attached hydrogen (secondary N) is 1. The first-order valence-electron chi connectivity index (χ1n) is 3.90. The zero-order chi connectivity index (χ0) is 9.40. The average Bonchev–Trinajstić information content (AvgIpc) is 2.03. The highest BCUT2D eigenvalue weighted by Gasteiger charge is 1.96. The van der Waals surface area contributed by atoms with Gasteiger partial charge in [-0.25, -0.2) is 4.79 Å². The van der Waals surface area contributed by atoms with Crippen LogP contribution in [0, 0.1) is 0 Å². The minimum Gasteiger partial charge on any atom is -0.478 e. The van der Waals surface area contributed by atoms with E-state index in [0.717, 1.165) is 6.54 Å². The topological polar surface area (TPSA) is 49.3 Å². The Morgan fingerprint density at radius 3 is 2.67 bits per heavy atom. The van der Waals surface area contributed by atoms with Crippen LogP contribution in [-0.2, 0) is 4.79 Å². The Morgan fingerprint density at radius 2 is 2.17 bits per heavy atom. The fraction of sp³-hybridized carbons (Fsp3) is 0.444. The third-order valence-electron chi connectivity index (χ3n) is 1.39. The number of rotatable bonds is 5. The summed E-state index contributed by atoms with van der Waals surface area (Å²) in [6.45, 7) is 4.90. The van der Waals surface area contributed by atoms with E-state index >= 15 is 0 Å². The van der Waals surface area contributed by atoms with E-state index in [4.69, 9.17) is 5.11 Å².